The molecule has 0 amide bonds. The van der Waals surface area contributed by atoms with Crippen molar-refractivity contribution < 1.29 is 15.0 Å². The number of hydrogen-bond donors (Lipinski definition) is 2. The molecule has 0 fully saturated rings. The van der Waals surface area contributed by atoms with Gasteiger partial charge in [-0.2, -0.15) is 0 Å². The average Bonchev–Trinajstić information content (AvgIpc) is 2.41. The quantitative estimate of drug-likeness (QED) is 0.636. The van der Waals surface area contributed by atoms with Gasteiger partial charge in [0.15, 0.2) is 0 Å². The second kappa shape index (κ2) is 9.53. The Kier molecular flexibility index (Phi) is 7.86. The molecule has 0 aliphatic carbocycles. The predicted octanol–water partition coefficient (Wildman–Crippen LogP) is 2.13. The highest BCUT2D eigenvalue weighted by molar-refractivity contribution is 5.66. The second-order valence-electron chi connectivity index (χ2n) is 4.69. The number of carboxylic acids is 1. The van der Waals surface area contributed by atoms with Crippen molar-refractivity contribution in [2.45, 2.75) is 32.2 Å². The van der Waals surface area contributed by atoms with Gasteiger partial charge in [-0.1, -0.05) is 30.3 Å². The molecule has 1 rings (SSSR count). The largest absolute Gasteiger partial charge is 0.481 e. The van der Waals surface area contributed by atoms with Gasteiger partial charge < -0.3 is 10.2 Å². The van der Waals surface area contributed by atoms with Crippen LogP contribution in [0.5, 0.6) is 0 Å². The van der Waals surface area contributed by atoms with Gasteiger partial charge in [-0.25, -0.2) is 0 Å². The van der Waals surface area contributed by atoms with Crippen molar-refractivity contribution in [2.24, 2.45) is 0 Å². The molecule has 0 radical (unpaired) electrons. The zero-order chi connectivity index (χ0) is 13.9. The zero-order valence-electron chi connectivity index (χ0n) is 11.3. The number of benzene rings is 1. The lowest BCUT2D eigenvalue weighted by atomic mass is 10.2. The molecule has 0 aliphatic heterocycles. The van der Waals surface area contributed by atoms with Crippen LogP contribution in [-0.2, 0) is 11.3 Å². The molecule has 1 aromatic rings. The van der Waals surface area contributed by atoms with E-state index in [2.05, 4.69) is 17.0 Å². The van der Waals surface area contributed by atoms with E-state index in [1.807, 2.05) is 18.2 Å². The van der Waals surface area contributed by atoms with Gasteiger partial charge in [-0.15, -0.1) is 0 Å². The minimum atomic E-state index is -0.732. The van der Waals surface area contributed by atoms with Crippen molar-refractivity contribution in [3.63, 3.8) is 0 Å². The maximum atomic E-state index is 10.5. The van der Waals surface area contributed by atoms with Crippen LogP contribution in [0.15, 0.2) is 30.3 Å². The molecule has 0 saturated heterocycles. The van der Waals surface area contributed by atoms with E-state index < -0.39 is 5.97 Å². The van der Waals surface area contributed by atoms with Crippen LogP contribution in [-0.4, -0.2) is 40.8 Å². The van der Waals surface area contributed by atoms with Crippen LogP contribution in [0.2, 0.25) is 0 Å². The van der Waals surface area contributed by atoms with E-state index in [0.29, 0.717) is 6.42 Å². The topological polar surface area (TPSA) is 60.8 Å². The van der Waals surface area contributed by atoms with Crippen molar-refractivity contribution in [1.82, 2.24) is 4.90 Å². The molecule has 4 nitrogen and oxygen atoms in total. The number of rotatable bonds is 10. The lowest BCUT2D eigenvalue weighted by Crippen LogP contribution is -2.26. The van der Waals surface area contributed by atoms with Crippen LogP contribution in [0.25, 0.3) is 0 Å². The van der Waals surface area contributed by atoms with Crippen LogP contribution in [0.1, 0.15) is 31.2 Å². The Labute approximate surface area is 114 Å². The standard InChI is InChI=1S/C15H23NO3/c17-12-6-11-16(10-5-4-9-15(18)19)13-14-7-2-1-3-8-14/h1-3,7-8,17H,4-6,9-13H2,(H,18,19). The Morgan fingerprint density at radius 3 is 2.37 bits per heavy atom. The normalized spacial score (nSPS) is 10.8. The molecular weight excluding hydrogens is 242 g/mol. The first-order chi connectivity index (χ1) is 9.22. The molecule has 0 aliphatic rings. The number of aliphatic carboxylic acids is 1. The highest BCUT2D eigenvalue weighted by Gasteiger charge is 2.06. The van der Waals surface area contributed by atoms with Crippen LogP contribution in [0.3, 0.4) is 0 Å². The fraction of sp³-hybridized carbons (Fsp3) is 0.533. The minimum absolute atomic E-state index is 0.195. The van der Waals surface area contributed by atoms with Gasteiger partial charge in [0.1, 0.15) is 0 Å². The number of aliphatic hydroxyl groups is 1. The summed E-state index contributed by atoms with van der Waals surface area (Å²) in [6.07, 6.45) is 2.58. The highest BCUT2D eigenvalue weighted by atomic mass is 16.4. The Morgan fingerprint density at radius 1 is 1.05 bits per heavy atom. The van der Waals surface area contributed by atoms with Crippen LogP contribution < -0.4 is 0 Å². The lowest BCUT2D eigenvalue weighted by molar-refractivity contribution is -0.137. The molecular formula is C15H23NO3. The van der Waals surface area contributed by atoms with Gasteiger partial charge in [-0.05, 0) is 31.4 Å². The smallest absolute Gasteiger partial charge is 0.303 e. The molecule has 4 heteroatoms. The zero-order valence-corrected chi connectivity index (χ0v) is 11.3. The van der Waals surface area contributed by atoms with Gasteiger partial charge >= 0.3 is 5.97 Å². The molecule has 0 bridgehead atoms. The van der Waals surface area contributed by atoms with E-state index in [-0.39, 0.29) is 13.0 Å². The molecule has 19 heavy (non-hydrogen) atoms. The van der Waals surface area contributed by atoms with Gasteiger partial charge in [0.05, 0.1) is 0 Å². The fourth-order valence-corrected chi connectivity index (χ4v) is 2.02. The van der Waals surface area contributed by atoms with Gasteiger partial charge in [0.25, 0.3) is 0 Å². The van der Waals surface area contributed by atoms with Gasteiger partial charge in [0.2, 0.25) is 0 Å². The molecule has 0 unspecified atom stereocenters. The Hall–Kier alpha value is -1.39. The first-order valence-electron chi connectivity index (χ1n) is 6.81. The molecule has 0 saturated carbocycles. The summed E-state index contributed by atoms with van der Waals surface area (Å²) in [5, 5.41) is 17.5. The summed E-state index contributed by atoms with van der Waals surface area (Å²) in [6.45, 7) is 2.77. The maximum Gasteiger partial charge on any atom is 0.303 e. The molecule has 0 aromatic heterocycles. The van der Waals surface area contributed by atoms with Crippen molar-refractivity contribution >= 4 is 5.97 Å². The van der Waals surface area contributed by atoms with Crippen molar-refractivity contribution in [1.29, 1.82) is 0 Å². The summed E-state index contributed by atoms with van der Waals surface area (Å²) in [4.78, 5) is 12.7. The van der Waals surface area contributed by atoms with Crippen molar-refractivity contribution in [3.05, 3.63) is 35.9 Å². The first-order valence-corrected chi connectivity index (χ1v) is 6.81. The highest BCUT2D eigenvalue weighted by Crippen LogP contribution is 2.07. The van der Waals surface area contributed by atoms with Crippen molar-refractivity contribution in [2.75, 3.05) is 19.7 Å². The van der Waals surface area contributed by atoms with E-state index in [0.717, 1.165) is 32.5 Å². The molecule has 0 heterocycles. The SMILES string of the molecule is O=C(O)CCCCN(CCCO)Cc1ccccc1. The third-order valence-corrected chi connectivity index (χ3v) is 3.00. The van der Waals surface area contributed by atoms with Crippen LogP contribution in [0, 0.1) is 0 Å². The van der Waals surface area contributed by atoms with E-state index in [4.69, 9.17) is 10.2 Å². The van der Waals surface area contributed by atoms with Gasteiger partial charge in [-0.3, -0.25) is 9.69 Å². The fourth-order valence-electron chi connectivity index (χ4n) is 2.02. The number of aliphatic hydroxyl groups excluding tert-OH is 1. The summed E-state index contributed by atoms with van der Waals surface area (Å²) in [6, 6.07) is 10.2. The summed E-state index contributed by atoms with van der Waals surface area (Å²) < 4.78 is 0. The number of nitrogens with zero attached hydrogens (tertiary/aromatic N) is 1. The summed E-state index contributed by atoms with van der Waals surface area (Å²) >= 11 is 0. The van der Waals surface area contributed by atoms with Crippen LogP contribution >= 0.6 is 0 Å². The van der Waals surface area contributed by atoms with E-state index >= 15 is 0 Å². The molecule has 2 N–H and O–H groups in total. The third kappa shape index (κ3) is 7.59. The van der Waals surface area contributed by atoms with Gasteiger partial charge in [0, 0.05) is 26.1 Å². The molecule has 0 atom stereocenters. The maximum absolute atomic E-state index is 10.5. The summed E-state index contributed by atoms with van der Waals surface area (Å²) in [5.74, 6) is -0.732. The van der Waals surface area contributed by atoms with E-state index in [9.17, 15) is 4.79 Å². The Bertz CT molecular complexity index is 354. The van der Waals surface area contributed by atoms with E-state index in [1.54, 1.807) is 0 Å². The van der Waals surface area contributed by atoms with Crippen LogP contribution in [0.4, 0.5) is 0 Å². The summed E-state index contributed by atoms with van der Waals surface area (Å²) in [7, 11) is 0. The predicted molar refractivity (Wildman–Crippen MR) is 74.9 cm³/mol. The number of carbonyl (C=O) groups is 1. The monoisotopic (exact) mass is 265 g/mol. The molecule has 1 aromatic carbocycles. The number of carboxylic acid groups (broad SMARTS) is 1. The number of unbranched alkanes of at least 4 members (excludes halogenated alkanes) is 1. The third-order valence-electron chi connectivity index (χ3n) is 3.00. The van der Waals surface area contributed by atoms with E-state index in [1.165, 1.54) is 5.56 Å². The second-order valence-corrected chi connectivity index (χ2v) is 4.69. The Morgan fingerprint density at radius 2 is 1.74 bits per heavy atom. The molecule has 106 valence electrons. The lowest BCUT2D eigenvalue weighted by Gasteiger charge is -2.22. The van der Waals surface area contributed by atoms with Crippen molar-refractivity contribution in [3.8, 4) is 0 Å². The summed E-state index contributed by atoms with van der Waals surface area (Å²) in [5.41, 5.74) is 1.25. The minimum Gasteiger partial charge on any atom is -0.481 e. The Balaban J connectivity index is 2.36. The molecule has 0 spiro atoms. The average molecular weight is 265 g/mol. The first kappa shape index (κ1) is 15.7. The number of hydrogen-bond acceptors (Lipinski definition) is 3.